The summed E-state index contributed by atoms with van der Waals surface area (Å²) in [5, 5.41) is 8.82. The SMILES string of the molecule is CCOc1ccc(S(=O)(=O)N(C)CC(C)C(=O)O)cc1. The second kappa shape index (κ2) is 6.71. The fraction of sp³-hybridized carbons (Fsp3) is 0.462. The van der Waals surface area contributed by atoms with E-state index in [-0.39, 0.29) is 11.4 Å². The molecule has 1 aromatic rings. The van der Waals surface area contributed by atoms with Gasteiger partial charge in [0.2, 0.25) is 10.0 Å². The van der Waals surface area contributed by atoms with E-state index in [2.05, 4.69) is 0 Å². The molecular formula is C13H19NO5S. The number of aliphatic carboxylic acids is 1. The predicted molar refractivity (Wildman–Crippen MR) is 74.2 cm³/mol. The molecule has 20 heavy (non-hydrogen) atoms. The highest BCUT2D eigenvalue weighted by molar-refractivity contribution is 7.89. The van der Waals surface area contributed by atoms with Crippen molar-refractivity contribution in [2.75, 3.05) is 20.2 Å². The number of carboxylic acids is 1. The maximum Gasteiger partial charge on any atom is 0.307 e. The highest BCUT2D eigenvalue weighted by Crippen LogP contribution is 2.19. The van der Waals surface area contributed by atoms with Gasteiger partial charge in [-0.25, -0.2) is 12.7 Å². The first-order chi connectivity index (χ1) is 9.28. The van der Waals surface area contributed by atoms with Crippen molar-refractivity contribution in [2.45, 2.75) is 18.7 Å². The summed E-state index contributed by atoms with van der Waals surface area (Å²) >= 11 is 0. The van der Waals surface area contributed by atoms with Gasteiger partial charge in [-0.2, -0.15) is 0 Å². The number of rotatable bonds is 7. The Labute approximate surface area is 119 Å². The monoisotopic (exact) mass is 301 g/mol. The van der Waals surface area contributed by atoms with Gasteiger partial charge in [0.05, 0.1) is 17.4 Å². The Balaban J connectivity index is 2.89. The van der Waals surface area contributed by atoms with Crippen LogP contribution < -0.4 is 4.74 Å². The summed E-state index contributed by atoms with van der Waals surface area (Å²) in [7, 11) is -2.32. The van der Waals surface area contributed by atoms with Crippen LogP contribution in [-0.2, 0) is 14.8 Å². The number of carbonyl (C=O) groups is 1. The number of sulfonamides is 1. The van der Waals surface area contributed by atoms with E-state index in [0.717, 1.165) is 4.31 Å². The summed E-state index contributed by atoms with van der Waals surface area (Å²) in [4.78, 5) is 10.9. The molecule has 6 nitrogen and oxygen atoms in total. The summed E-state index contributed by atoms with van der Waals surface area (Å²) in [6.07, 6.45) is 0. The number of carboxylic acid groups (broad SMARTS) is 1. The molecule has 0 aliphatic carbocycles. The Kier molecular flexibility index (Phi) is 5.52. The van der Waals surface area contributed by atoms with E-state index in [9.17, 15) is 13.2 Å². The van der Waals surface area contributed by atoms with Crippen molar-refractivity contribution in [3.05, 3.63) is 24.3 Å². The zero-order chi connectivity index (χ0) is 15.3. The molecule has 1 atom stereocenters. The van der Waals surface area contributed by atoms with Crippen molar-refractivity contribution < 1.29 is 23.1 Å². The van der Waals surface area contributed by atoms with E-state index < -0.39 is 21.9 Å². The summed E-state index contributed by atoms with van der Waals surface area (Å²) < 4.78 is 30.8. The van der Waals surface area contributed by atoms with Gasteiger partial charge in [0.15, 0.2) is 0 Å². The Morgan fingerprint density at radius 2 is 1.90 bits per heavy atom. The second-order valence-electron chi connectivity index (χ2n) is 4.43. The summed E-state index contributed by atoms with van der Waals surface area (Å²) in [6, 6.07) is 6.04. The summed E-state index contributed by atoms with van der Waals surface area (Å²) in [5.41, 5.74) is 0. The second-order valence-corrected chi connectivity index (χ2v) is 6.47. The van der Waals surface area contributed by atoms with Gasteiger partial charge in [-0.05, 0) is 31.2 Å². The van der Waals surface area contributed by atoms with Gasteiger partial charge in [0.1, 0.15) is 5.75 Å². The van der Waals surface area contributed by atoms with Crippen LogP contribution >= 0.6 is 0 Å². The molecule has 1 N–H and O–H groups in total. The fourth-order valence-electron chi connectivity index (χ4n) is 1.62. The average Bonchev–Trinajstić information content (AvgIpc) is 2.39. The minimum atomic E-state index is -3.68. The normalized spacial score (nSPS) is 13.2. The summed E-state index contributed by atoms with van der Waals surface area (Å²) in [5.74, 6) is -1.20. The van der Waals surface area contributed by atoms with Crippen molar-refractivity contribution in [1.29, 1.82) is 0 Å². The number of hydrogen-bond acceptors (Lipinski definition) is 4. The molecule has 1 rings (SSSR count). The zero-order valence-electron chi connectivity index (χ0n) is 11.7. The van der Waals surface area contributed by atoms with Crippen LogP contribution in [0.5, 0.6) is 5.75 Å². The fourth-order valence-corrected chi connectivity index (χ4v) is 2.88. The predicted octanol–water partition coefficient (Wildman–Crippen LogP) is 1.43. The quantitative estimate of drug-likeness (QED) is 0.823. The molecule has 0 heterocycles. The molecule has 0 saturated carbocycles. The maximum absolute atomic E-state index is 12.3. The lowest BCUT2D eigenvalue weighted by molar-refractivity contribution is -0.141. The number of nitrogens with zero attached hydrogens (tertiary/aromatic N) is 1. The third-order valence-corrected chi connectivity index (χ3v) is 4.63. The lowest BCUT2D eigenvalue weighted by atomic mass is 10.2. The molecule has 0 aliphatic heterocycles. The first-order valence-electron chi connectivity index (χ1n) is 6.21. The molecule has 7 heteroatoms. The van der Waals surface area contributed by atoms with Crippen LogP contribution in [0.2, 0.25) is 0 Å². The van der Waals surface area contributed by atoms with Crippen molar-refractivity contribution in [1.82, 2.24) is 4.31 Å². The van der Waals surface area contributed by atoms with E-state index >= 15 is 0 Å². The molecular weight excluding hydrogens is 282 g/mol. The topological polar surface area (TPSA) is 83.9 Å². The zero-order valence-corrected chi connectivity index (χ0v) is 12.6. The van der Waals surface area contributed by atoms with Crippen molar-refractivity contribution in [3.63, 3.8) is 0 Å². The Bertz CT molecular complexity index is 553. The third-order valence-electron chi connectivity index (χ3n) is 2.80. The molecule has 1 unspecified atom stereocenters. The van der Waals surface area contributed by atoms with Crippen LogP contribution in [0, 0.1) is 5.92 Å². The molecule has 112 valence electrons. The first kappa shape index (κ1) is 16.5. The average molecular weight is 301 g/mol. The van der Waals surface area contributed by atoms with Crippen LogP contribution in [0.3, 0.4) is 0 Å². The van der Waals surface area contributed by atoms with Crippen LogP contribution in [0.15, 0.2) is 29.2 Å². The Morgan fingerprint density at radius 3 is 2.35 bits per heavy atom. The standard InChI is InChI=1S/C13H19NO5S/c1-4-19-11-5-7-12(8-6-11)20(17,18)14(3)9-10(2)13(15)16/h5-8,10H,4,9H2,1-3H3,(H,15,16). The molecule has 0 amide bonds. The van der Waals surface area contributed by atoms with Crippen LogP contribution in [-0.4, -0.2) is 44.0 Å². The van der Waals surface area contributed by atoms with Crippen molar-refractivity contribution >= 4 is 16.0 Å². The van der Waals surface area contributed by atoms with Crippen LogP contribution in [0.25, 0.3) is 0 Å². The molecule has 1 aromatic carbocycles. The molecule has 0 spiro atoms. The van der Waals surface area contributed by atoms with Crippen molar-refractivity contribution in [2.24, 2.45) is 5.92 Å². The van der Waals surface area contributed by atoms with Crippen LogP contribution in [0.4, 0.5) is 0 Å². The number of hydrogen-bond donors (Lipinski definition) is 1. The molecule has 0 aromatic heterocycles. The van der Waals surface area contributed by atoms with Gasteiger partial charge in [-0.1, -0.05) is 6.92 Å². The van der Waals surface area contributed by atoms with Crippen LogP contribution in [0.1, 0.15) is 13.8 Å². The Morgan fingerprint density at radius 1 is 1.35 bits per heavy atom. The van der Waals surface area contributed by atoms with Gasteiger partial charge in [-0.3, -0.25) is 4.79 Å². The van der Waals surface area contributed by atoms with Gasteiger partial charge in [0.25, 0.3) is 0 Å². The molecule has 0 radical (unpaired) electrons. The van der Waals surface area contributed by atoms with E-state index in [4.69, 9.17) is 9.84 Å². The highest BCUT2D eigenvalue weighted by Gasteiger charge is 2.24. The molecule has 0 fully saturated rings. The van der Waals surface area contributed by atoms with Crippen molar-refractivity contribution in [3.8, 4) is 5.75 Å². The molecule has 0 bridgehead atoms. The Hall–Kier alpha value is -1.60. The molecule has 0 saturated heterocycles. The lowest BCUT2D eigenvalue weighted by Gasteiger charge is -2.19. The van der Waals surface area contributed by atoms with E-state index in [1.54, 1.807) is 12.1 Å². The number of ether oxygens (including phenoxy) is 1. The van der Waals surface area contributed by atoms with E-state index in [0.29, 0.717) is 12.4 Å². The van der Waals surface area contributed by atoms with Gasteiger partial charge in [-0.15, -0.1) is 0 Å². The minimum absolute atomic E-state index is 0.0785. The largest absolute Gasteiger partial charge is 0.494 e. The van der Waals surface area contributed by atoms with E-state index in [1.807, 2.05) is 6.92 Å². The summed E-state index contributed by atoms with van der Waals surface area (Å²) in [6.45, 7) is 3.73. The first-order valence-corrected chi connectivity index (χ1v) is 7.65. The number of benzene rings is 1. The molecule has 0 aliphatic rings. The lowest BCUT2D eigenvalue weighted by Crippen LogP contribution is -2.33. The van der Waals surface area contributed by atoms with E-state index in [1.165, 1.54) is 26.1 Å². The highest BCUT2D eigenvalue weighted by atomic mass is 32.2. The van der Waals surface area contributed by atoms with Gasteiger partial charge in [0, 0.05) is 13.6 Å². The smallest absolute Gasteiger partial charge is 0.307 e. The maximum atomic E-state index is 12.3. The minimum Gasteiger partial charge on any atom is -0.494 e. The van der Waals surface area contributed by atoms with Gasteiger partial charge < -0.3 is 9.84 Å². The van der Waals surface area contributed by atoms with Gasteiger partial charge >= 0.3 is 5.97 Å². The third kappa shape index (κ3) is 3.94.